The highest BCUT2D eigenvalue weighted by Crippen LogP contribution is 2.13. The van der Waals surface area contributed by atoms with Gasteiger partial charge in [0.15, 0.2) is 0 Å². The minimum absolute atomic E-state index is 0.126. The lowest BCUT2D eigenvalue weighted by Crippen LogP contribution is -2.27. The van der Waals surface area contributed by atoms with Gasteiger partial charge in [-0.15, -0.1) is 0 Å². The summed E-state index contributed by atoms with van der Waals surface area (Å²) in [6.45, 7) is 0.439. The highest BCUT2D eigenvalue weighted by atomic mass is 32.2. The molecular weight excluding hydrogens is 236 g/mol. The van der Waals surface area contributed by atoms with E-state index in [2.05, 4.69) is 5.32 Å². The second-order valence-electron chi connectivity index (χ2n) is 3.98. The van der Waals surface area contributed by atoms with Crippen molar-refractivity contribution in [1.82, 2.24) is 5.32 Å². The molecule has 17 heavy (non-hydrogen) atoms. The smallest absolute Gasteiger partial charge is 0.251 e. The van der Waals surface area contributed by atoms with Gasteiger partial charge in [0.05, 0.1) is 0 Å². The quantitative estimate of drug-likeness (QED) is 0.848. The zero-order valence-corrected chi connectivity index (χ0v) is 11.2. The molecule has 0 saturated heterocycles. The van der Waals surface area contributed by atoms with E-state index in [0.717, 1.165) is 5.69 Å². The zero-order valence-electron chi connectivity index (χ0n) is 10.4. The Morgan fingerprint density at radius 1 is 1.41 bits per heavy atom. The Bertz CT molecular complexity index is 419. The molecule has 0 aliphatic carbocycles. The van der Waals surface area contributed by atoms with E-state index in [4.69, 9.17) is 0 Å². The van der Waals surface area contributed by atoms with Gasteiger partial charge in [-0.05, 0) is 18.2 Å². The van der Waals surface area contributed by atoms with E-state index in [1.54, 1.807) is 12.3 Å². The van der Waals surface area contributed by atoms with E-state index in [0.29, 0.717) is 17.9 Å². The van der Waals surface area contributed by atoms with Crippen molar-refractivity contribution in [1.29, 1.82) is 0 Å². The van der Waals surface area contributed by atoms with Gasteiger partial charge in [-0.3, -0.25) is 9.00 Å². The van der Waals surface area contributed by atoms with E-state index in [-0.39, 0.29) is 5.91 Å². The van der Waals surface area contributed by atoms with Crippen molar-refractivity contribution in [2.24, 2.45) is 0 Å². The second-order valence-corrected chi connectivity index (χ2v) is 5.53. The van der Waals surface area contributed by atoms with Gasteiger partial charge in [0, 0.05) is 54.7 Å². The summed E-state index contributed by atoms with van der Waals surface area (Å²) >= 11 is 0. The van der Waals surface area contributed by atoms with Gasteiger partial charge in [-0.1, -0.05) is 6.07 Å². The van der Waals surface area contributed by atoms with E-state index >= 15 is 0 Å². The summed E-state index contributed by atoms with van der Waals surface area (Å²) in [7, 11) is 2.98. The van der Waals surface area contributed by atoms with Crippen LogP contribution < -0.4 is 10.2 Å². The van der Waals surface area contributed by atoms with E-state index in [1.165, 1.54) is 0 Å². The number of rotatable bonds is 5. The first-order chi connectivity index (χ1) is 8.00. The molecule has 0 aliphatic heterocycles. The number of carbonyl (C=O) groups is 1. The number of hydrogen-bond acceptors (Lipinski definition) is 3. The third kappa shape index (κ3) is 4.56. The van der Waals surface area contributed by atoms with Crippen LogP contribution in [-0.4, -0.2) is 42.8 Å². The lowest BCUT2D eigenvalue weighted by atomic mass is 10.2. The molecule has 1 unspecified atom stereocenters. The van der Waals surface area contributed by atoms with Gasteiger partial charge < -0.3 is 10.2 Å². The normalized spacial score (nSPS) is 11.9. The summed E-state index contributed by atoms with van der Waals surface area (Å²) in [5.41, 5.74) is 1.61. The molecule has 4 nitrogen and oxygen atoms in total. The van der Waals surface area contributed by atoms with Crippen LogP contribution in [0.4, 0.5) is 5.69 Å². The molecule has 1 N–H and O–H groups in total. The van der Waals surface area contributed by atoms with Gasteiger partial charge in [-0.25, -0.2) is 0 Å². The first kappa shape index (κ1) is 13.7. The number of hydrogen-bond donors (Lipinski definition) is 1. The molecule has 0 saturated carbocycles. The topological polar surface area (TPSA) is 49.4 Å². The Kier molecular flexibility index (Phi) is 5.15. The number of amides is 1. The molecule has 1 aromatic rings. The Labute approximate surface area is 104 Å². The summed E-state index contributed by atoms with van der Waals surface area (Å²) in [5.74, 6) is 0.359. The Morgan fingerprint density at radius 3 is 2.71 bits per heavy atom. The summed E-state index contributed by atoms with van der Waals surface area (Å²) in [4.78, 5) is 13.7. The first-order valence-corrected chi connectivity index (χ1v) is 7.09. The maximum absolute atomic E-state index is 11.8. The summed E-state index contributed by atoms with van der Waals surface area (Å²) in [6.07, 6.45) is 1.62. The molecule has 1 amide bonds. The number of carbonyl (C=O) groups excluding carboxylic acids is 1. The minimum atomic E-state index is -0.873. The van der Waals surface area contributed by atoms with Crippen molar-refractivity contribution >= 4 is 22.4 Å². The molecule has 0 spiro atoms. The zero-order chi connectivity index (χ0) is 12.8. The fourth-order valence-electron chi connectivity index (χ4n) is 1.34. The average molecular weight is 254 g/mol. The molecule has 94 valence electrons. The van der Waals surface area contributed by atoms with Crippen molar-refractivity contribution in [3.63, 3.8) is 0 Å². The number of anilines is 1. The Hall–Kier alpha value is -1.36. The molecule has 1 rings (SSSR count). The lowest BCUT2D eigenvalue weighted by Gasteiger charge is -2.13. The van der Waals surface area contributed by atoms with Crippen LogP contribution in [0.3, 0.4) is 0 Å². The summed E-state index contributed by atoms with van der Waals surface area (Å²) < 4.78 is 10.9. The van der Waals surface area contributed by atoms with Gasteiger partial charge in [0.1, 0.15) is 0 Å². The molecule has 1 atom stereocenters. The fourth-order valence-corrected chi connectivity index (χ4v) is 1.73. The first-order valence-electron chi connectivity index (χ1n) is 5.36. The molecular formula is C12H18N2O2S. The molecule has 0 radical (unpaired) electrons. The van der Waals surface area contributed by atoms with Crippen LogP contribution in [0.1, 0.15) is 10.4 Å². The molecule has 0 aliphatic rings. The van der Waals surface area contributed by atoms with Crippen LogP contribution in [0.15, 0.2) is 24.3 Å². The van der Waals surface area contributed by atoms with Gasteiger partial charge in [0.2, 0.25) is 0 Å². The fraction of sp³-hybridized carbons (Fsp3) is 0.417. The van der Waals surface area contributed by atoms with Crippen LogP contribution >= 0.6 is 0 Å². The maximum Gasteiger partial charge on any atom is 0.251 e. The molecule has 0 fully saturated rings. The van der Waals surface area contributed by atoms with Crippen molar-refractivity contribution in [2.45, 2.75) is 0 Å². The van der Waals surface area contributed by atoms with Crippen LogP contribution in [0.2, 0.25) is 0 Å². The predicted molar refractivity (Wildman–Crippen MR) is 72.0 cm³/mol. The molecule has 0 heterocycles. The Morgan fingerprint density at radius 2 is 2.12 bits per heavy atom. The number of benzene rings is 1. The highest BCUT2D eigenvalue weighted by molar-refractivity contribution is 7.84. The third-order valence-corrected chi connectivity index (χ3v) is 3.08. The van der Waals surface area contributed by atoms with Crippen LogP contribution in [0.25, 0.3) is 0 Å². The average Bonchev–Trinajstić information content (AvgIpc) is 2.28. The van der Waals surface area contributed by atoms with Crippen LogP contribution in [0.5, 0.6) is 0 Å². The number of nitrogens with one attached hydrogen (secondary N) is 1. The molecule has 0 aromatic heterocycles. The van der Waals surface area contributed by atoms with Crippen LogP contribution in [0, 0.1) is 0 Å². The van der Waals surface area contributed by atoms with Crippen LogP contribution in [-0.2, 0) is 10.8 Å². The third-order valence-electron chi connectivity index (χ3n) is 2.30. The van der Waals surface area contributed by atoms with Gasteiger partial charge >= 0.3 is 0 Å². The highest BCUT2D eigenvalue weighted by Gasteiger charge is 2.06. The minimum Gasteiger partial charge on any atom is -0.378 e. The largest absolute Gasteiger partial charge is 0.378 e. The Balaban J connectivity index is 2.62. The lowest BCUT2D eigenvalue weighted by molar-refractivity contribution is 0.0956. The van der Waals surface area contributed by atoms with Crippen molar-refractivity contribution in [3.05, 3.63) is 29.8 Å². The molecule has 5 heteroatoms. The maximum atomic E-state index is 11.8. The molecule has 0 bridgehead atoms. The number of nitrogens with zero attached hydrogens (tertiary/aromatic N) is 1. The van der Waals surface area contributed by atoms with Gasteiger partial charge in [0.25, 0.3) is 5.91 Å². The predicted octanol–water partition coefficient (Wildman–Crippen LogP) is 0.861. The SMILES string of the molecule is CN(C)c1cccc(C(=O)NCCS(C)=O)c1. The van der Waals surface area contributed by atoms with Crippen molar-refractivity contribution in [3.8, 4) is 0 Å². The van der Waals surface area contributed by atoms with E-state index in [1.807, 2.05) is 37.2 Å². The summed E-state index contributed by atoms with van der Waals surface area (Å²) in [5, 5.41) is 2.75. The van der Waals surface area contributed by atoms with Crippen molar-refractivity contribution in [2.75, 3.05) is 37.5 Å². The summed E-state index contributed by atoms with van der Waals surface area (Å²) in [6, 6.07) is 7.39. The molecule has 1 aromatic carbocycles. The van der Waals surface area contributed by atoms with Gasteiger partial charge in [-0.2, -0.15) is 0 Å². The van der Waals surface area contributed by atoms with E-state index in [9.17, 15) is 9.00 Å². The standard InChI is InChI=1S/C12H18N2O2S/c1-14(2)11-6-4-5-10(9-11)12(15)13-7-8-17(3)16/h4-6,9H,7-8H2,1-3H3,(H,13,15). The second kappa shape index (κ2) is 6.39. The monoisotopic (exact) mass is 254 g/mol. The van der Waals surface area contributed by atoms with E-state index < -0.39 is 10.8 Å². The van der Waals surface area contributed by atoms with Crippen molar-refractivity contribution < 1.29 is 9.00 Å².